The van der Waals surface area contributed by atoms with E-state index in [2.05, 4.69) is 215 Å². The lowest BCUT2D eigenvalue weighted by Gasteiger charge is -2.41. The van der Waals surface area contributed by atoms with Gasteiger partial charge in [0.25, 0.3) is 0 Å². The summed E-state index contributed by atoms with van der Waals surface area (Å²) in [6, 6.07) is 0. The summed E-state index contributed by atoms with van der Waals surface area (Å²) in [7, 11) is 24.4. The molecular weight excluding hydrogens is 1670 g/mol. The third-order valence-corrected chi connectivity index (χ3v) is 31.0. The lowest BCUT2D eigenvalue weighted by Crippen LogP contribution is -2.48. The quantitative estimate of drug-likeness (QED) is 0.0181. The van der Waals surface area contributed by atoms with E-state index in [0.717, 1.165) is 60.0 Å². The van der Waals surface area contributed by atoms with Gasteiger partial charge in [-0.05, 0) is 146 Å². The Kier molecular flexibility index (Phi) is 58.5. The number of aldehydes is 1. The third-order valence-electron chi connectivity index (χ3n) is 31.0. The Morgan fingerprint density at radius 1 is 0.356 bits per heavy atom. The van der Waals surface area contributed by atoms with Gasteiger partial charge < -0.3 is 85.3 Å². The van der Waals surface area contributed by atoms with E-state index in [1.807, 2.05) is 48.0 Å². The van der Waals surface area contributed by atoms with Crippen molar-refractivity contribution in [3.05, 3.63) is 94.7 Å². The molecule has 0 N–H and O–H groups in total. The maximum Gasteiger partial charge on any atom is 0.311 e. The second-order valence-corrected chi connectivity index (χ2v) is 41.5. The van der Waals surface area contributed by atoms with E-state index in [9.17, 15) is 19.2 Å². The Bertz CT molecular complexity index is 3510. The Balaban J connectivity index is 0.000000670. The predicted molar refractivity (Wildman–Crippen MR) is 535 cm³/mol. The van der Waals surface area contributed by atoms with E-state index >= 15 is 0 Å². The second-order valence-electron chi connectivity index (χ2n) is 41.5. The zero-order chi connectivity index (χ0) is 101. The number of rotatable bonds is 55. The minimum atomic E-state index is -0.283. The van der Waals surface area contributed by atoms with Gasteiger partial charge in [0, 0.05) is 196 Å². The lowest BCUT2D eigenvalue weighted by molar-refractivity contribution is -0.183. The molecule has 0 bridgehead atoms. The molecule has 40 atom stereocenters. The average molecular weight is 1870 g/mol. The first-order valence-corrected chi connectivity index (χ1v) is 50.0. The van der Waals surface area contributed by atoms with Crippen LogP contribution in [0.25, 0.3) is 0 Å². The van der Waals surface area contributed by atoms with Crippen molar-refractivity contribution in [3.63, 3.8) is 0 Å². The SMILES string of the molecule is C=C/C=C\[C@H](C)C(OC)[C@@H](C)C(OC)[C@@H](C)C/C(C)=C\[C@H](C)C(OC)[C@@H](C)/C=C(/C)C(CC1OC(=O)[C@H](C)C(OC)[C@H]1C)OC.COC(CC1OC(=O)[C@H](C)C(OC)[C@H]1C)/C(C)=C\[C@H](C)C(OC)[C@@H](C)/C=C(/C)C[C@H](C)C(OC)[C@H](C)C(OC)[C@@H](C)C=O.COC(CC1OC(=O)[C@H](C)C(OC)[C@H]1C)/C(C)=C\[C@H](C)C(OC)[C@@H](C)/C=C(/C)C[C@H](C)C(OC)[C@H](C)[C@H]1C[C@@H](C)CC[C@@H]1C. The predicted octanol–water partition coefficient (Wildman–Crippen LogP) is 22.7. The van der Waals surface area contributed by atoms with Gasteiger partial charge in [0.05, 0.1) is 103 Å². The fraction of sp³-hybridized carbons (Fsp3) is 0.820. The number of carbonyl (C=O) groups is 4. The number of hydrogen-bond donors (Lipinski definition) is 0. The number of ether oxygens (including phenoxy) is 17. The fourth-order valence-corrected chi connectivity index (χ4v) is 23.9. The van der Waals surface area contributed by atoms with Crippen LogP contribution in [0, 0.1) is 136 Å². The molecule has 0 aromatic heterocycles. The van der Waals surface area contributed by atoms with Crippen LogP contribution in [0.15, 0.2) is 94.7 Å². The Labute approximate surface area is 805 Å². The molecule has 3 heterocycles. The molecular formula is C111H196O21. The number of cyclic esters (lactones) is 3. The molecule has 17 unspecified atom stereocenters. The highest BCUT2D eigenvalue weighted by Crippen LogP contribution is 2.44. The van der Waals surface area contributed by atoms with E-state index in [0.29, 0.717) is 37.0 Å². The summed E-state index contributed by atoms with van der Waals surface area (Å²) in [4.78, 5) is 48.9. The smallest absolute Gasteiger partial charge is 0.311 e. The summed E-state index contributed by atoms with van der Waals surface area (Å²) < 4.78 is 100. The van der Waals surface area contributed by atoms with Crippen LogP contribution in [0.1, 0.15) is 252 Å². The summed E-state index contributed by atoms with van der Waals surface area (Å²) in [5, 5.41) is 0. The van der Waals surface area contributed by atoms with E-state index < -0.39 is 0 Å². The summed E-state index contributed by atoms with van der Waals surface area (Å²) in [5.74, 6) is 4.01. The van der Waals surface area contributed by atoms with Gasteiger partial charge in [0.1, 0.15) is 24.6 Å². The first-order chi connectivity index (χ1) is 62.1. The van der Waals surface area contributed by atoms with E-state index in [-0.39, 0.29) is 222 Å². The molecule has 21 heteroatoms. The van der Waals surface area contributed by atoms with Crippen LogP contribution in [0.5, 0.6) is 0 Å². The summed E-state index contributed by atoms with van der Waals surface area (Å²) >= 11 is 0. The lowest BCUT2D eigenvalue weighted by atomic mass is 9.67. The molecule has 0 spiro atoms. The topological polar surface area (TPSA) is 225 Å². The van der Waals surface area contributed by atoms with Gasteiger partial charge in [-0.2, -0.15) is 0 Å². The molecule has 1 aliphatic carbocycles. The van der Waals surface area contributed by atoms with Gasteiger partial charge in [-0.3, -0.25) is 14.4 Å². The summed E-state index contributed by atoms with van der Waals surface area (Å²) in [6.45, 7) is 64.2. The minimum Gasteiger partial charge on any atom is -0.462 e. The van der Waals surface area contributed by atoms with Gasteiger partial charge in [-0.15, -0.1) is 0 Å². The van der Waals surface area contributed by atoms with Crippen molar-refractivity contribution in [2.75, 3.05) is 99.5 Å². The molecule has 766 valence electrons. The van der Waals surface area contributed by atoms with Crippen molar-refractivity contribution in [3.8, 4) is 0 Å². The summed E-state index contributed by atoms with van der Waals surface area (Å²) in [6.07, 6.45) is 27.5. The van der Waals surface area contributed by atoms with Crippen molar-refractivity contribution >= 4 is 24.2 Å². The Morgan fingerprint density at radius 3 is 0.886 bits per heavy atom. The average Bonchev–Trinajstić information content (AvgIpc) is 0.822. The first kappa shape index (κ1) is 124. The molecule has 0 radical (unpaired) electrons. The van der Waals surface area contributed by atoms with Crippen LogP contribution >= 0.6 is 0 Å². The van der Waals surface area contributed by atoms with E-state index in [1.54, 1.807) is 91.4 Å². The van der Waals surface area contributed by atoms with Crippen LogP contribution in [-0.4, -0.2) is 227 Å². The molecule has 4 fully saturated rings. The van der Waals surface area contributed by atoms with Crippen LogP contribution in [0.2, 0.25) is 0 Å². The van der Waals surface area contributed by atoms with E-state index in [4.69, 9.17) is 80.5 Å². The zero-order valence-corrected chi connectivity index (χ0v) is 91.0. The number of hydrogen-bond acceptors (Lipinski definition) is 21. The van der Waals surface area contributed by atoms with Crippen LogP contribution in [-0.2, 0) is 99.7 Å². The van der Waals surface area contributed by atoms with Gasteiger partial charge in [0.15, 0.2) is 0 Å². The molecule has 0 amide bonds. The molecule has 4 aliphatic rings. The minimum absolute atomic E-state index is 0.0135. The van der Waals surface area contributed by atoms with Gasteiger partial charge in [0.2, 0.25) is 0 Å². The molecule has 3 aliphatic heterocycles. The maximum absolute atomic E-state index is 12.5. The van der Waals surface area contributed by atoms with Crippen molar-refractivity contribution in [1.82, 2.24) is 0 Å². The number of carbonyl (C=O) groups excluding carboxylic acids is 4. The highest BCUT2D eigenvalue weighted by atomic mass is 16.6. The monoisotopic (exact) mass is 1870 g/mol. The number of esters is 3. The largest absolute Gasteiger partial charge is 0.462 e. The summed E-state index contributed by atoms with van der Waals surface area (Å²) in [5.41, 5.74) is 7.30. The third kappa shape index (κ3) is 36.6. The van der Waals surface area contributed by atoms with Crippen molar-refractivity contribution in [1.29, 1.82) is 0 Å². The number of allylic oxidation sites excluding steroid dienone is 5. The van der Waals surface area contributed by atoms with Crippen LogP contribution in [0.3, 0.4) is 0 Å². The standard InChI is InChI=1S/C38H66O7.C38H68O6.C35H62O8/c1-16-17-18-24(3)35(42-13)30(9)36(43-14)27(6)20-23(2)19-26(5)34(41-12)28(7)21-25(4)32(40-11)22-33-29(8)37(44-15)31(10)38(39)45-33;1-22-15-16-24(3)32(19-22)29(8)36(42-13)27(6)18-23(2)17-26(5)35(41-12)28(7)20-25(4)33(40-11)21-34-30(9)37(43-14)31(10)38(39)44-34;1-20(16-23(4)32(40-12)27(8)33(41-13)25(6)19-36)15-22(3)31(39-11)24(5)17-21(2)29(38-10)18-30-26(7)34(42-14)28(9)35(37)43-30/h16-19,21,24,26-37H,1,20,22H2,2-15H3;17,20,22,24,26-37H,15-16,18-19,21H2,1-14H3;15,17,19,22-34H,16,18H2,1-14H3/b18-17-,23-19-,25-21-;23-17-,25-20-;20-15-,21-17-/t24-,26-,27-,28-,29-,30+,31+,32?,33?,34?,35?,36?,37?;22-,24-,26-,27-,28-,29+,30-,31+,32-,33?,34?,35?,36?,37?;22-,23-,24-,25-,26-,27-,28+,29?,30?,31?,32?,33?,34?/m000/s1. The molecule has 0 aromatic rings. The Morgan fingerprint density at radius 2 is 0.629 bits per heavy atom. The van der Waals surface area contributed by atoms with Crippen LogP contribution < -0.4 is 0 Å². The van der Waals surface area contributed by atoms with Gasteiger partial charge in [-0.25, -0.2) is 0 Å². The Hall–Kier alpha value is -4.56. The number of methoxy groups -OCH3 is 14. The molecule has 1 saturated carbocycles. The first-order valence-electron chi connectivity index (χ1n) is 50.0. The second kappa shape index (κ2) is 62.5. The van der Waals surface area contributed by atoms with Crippen LogP contribution in [0.4, 0.5) is 0 Å². The maximum atomic E-state index is 12.5. The molecule has 132 heavy (non-hydrogen) atoms. The molecule has 0 aromatic carbocycles. The highest BCUT2D eigenvalue weighted by molar-refractivity contribution is 5.75. The molecule has 21 nitrogen and oxygen atoms in total. The van der Waals surface area contributed by atoms with E-state index in [1.165, 1.54) is 36.0 Å². The normalized spacial score (nSPS) is 29.8. The molecule has 4 rings (SSSR count). The van der Waals surface area contributed by atoms with Crippen molar-refractivity contribution in [2.45, 2.75) is 355 Å². The van der Waals surface area contributed by atoms with Crippen molar-refractivity contribution < 1.29 is 99.7 Å². The van der Waals surface area contributed by atoms with Gasteiger partial charge in [-0.1, -0.05) is 222 Å². The fourth-order valence-electron chi connectivity index (χ4n) is 23.9. The van der Waals surface area contributed by atoms with Crippen molar-refractivity contribution in [2.24, 2.45) is 136 Å². The zero-order valence-electron chi connectivity index (χ0n) is 91.0. The molecule has 3 saturated heterocycles. The highest BCUT2D eigenvalue weighted by Gasteiger charge is 2.47. The van der Waals surface area contributed by atoms with Gasteiger partial charge >= 0.3 is 17.9 Å².